The summed E-state index contributed by atoms with van der Waals surface area (Å²) in [5.41, 5.74) is 3.85. The summed E-state index contributed by atoms with van der Waals surface area (Å²) in [7, 11) is 0. The third-order valence-electron chi connectivity index (χ3n) is 5.85. The molecule has 2 aromatic heterocycles. The van der Waals surface area contributed by atoms with Gasteiger partial charge in [-0.25, -0.2) is 9.37 Å². The van der Waals surface area contributed by atoms with Gasteiger partial charge in [-0.2, -0.15) is 0 Å². The zero-order valence-electron chi connectivity index (χ0n) is 18.5. The summed E-state index contributed by atoms with van der Waals surface area (Å²) in [4.78, 5) is 28.7. The lowest BCUT2D eigenvalue weighted by Gasteiger charge is -2.34. The summed E-state index contributed by atoms with van der Waals surface area (Å²) in [5, 5.41) is 3.13. The smallest absolute Gasteiger partial charge is 0.253 e. The molecule has 166 valence electrons. The van der Waals surface area contributed by atoms with Gasteiger partial charge < -0.3 is 10.2 Å². The highest BCUT2D eigenvalue weighted by atomic mass is 19.1. The molecule has 0 aliphatic carbocycles. The van der Waals surface area contributed by atoms with Gasteiger partial charge in [0.25, 0.3) is 5.91 Å². The molecule has 4 rings (SSSR count). The highest BCUT2D eigenvalue weighted by molar-refractivity contribution is 5.94. The zero-order valence-corrected chi connectivity index (χ0v) is 18.5. The van der Waals surface area contributed by atoms with Gasteiger partial charge in [-0.05, 0) is 49.9 Å². The number of aromatic nitrogens is 3. The number of piperidine rings is 1. The number of amides is 1. The van der Waals surface area contributed by atoms with Gasteiger partial charge in [0.05, 0.1) is 22.6 Å². The first-order valence-corrected chi connectivity index (χ1v) is 11.2. The maximum absolute atomic E-state index is 13.4. The maximum atomic E-state index is 13.4. The second-order valence-electron chi connectivity index (χ2n) is 8.02. The number of hydrogen-bond acceptors (Lipinski definition) is 5. The molecule has 3 aromatic rings. The van der Waals surface area contributed by atoms with Crippen molar-refractivity contribution in [3.63, 3.8) is 0 Å². The van der Waals surface area contributed by atoms with Crippen LogP contribution in [0.25, 0.3) is 11.3 Å². The molecule has 0 unspecified atom stereocenters. The predicted molar refractivity (Wildman–Crippen MR) is 123 cm³/mol. The third-order valence-corrected chi connectivity index (χ3v) is 5.85. The quantitative estimate of drug-likeness (QED) is 0.631. The Morgan fingerprint density at radius 3 is 2.56 bits per heavy atom. The van der Waals surface area contributed by atoms with Crippen molar-refractivity contribution >= 4 is 11.7 Å². The van der Waals surface area contributed by atoms with Crippen LogP contribution in [0.4, 0.5) is 10.2 Å². The number of pyridine rings is 1. The highest BCUT2D eigenvalue weighted by Gasteiger charge is 2.24. The Labute approximate surface area is 187 Å². The molecule has 6 nitrogen and oxygen atoms in total. The first kappa shape index (κ1) is 21.9. The number of nitrogens with zero attached hydrogens (tertiary/aromatic N) is 4. The van der Waals surface area contributed by atoms with E-state index in [4.69, 9.17) is 4.98 Å². The minimum atomic E-state index is -0.309. The van der Waals surface area contributed by atoms with Crippen molar-refractivity contribution in [3.8, 4) is 11.3 Å². The molecule has 1 aromatic carbocycles. The van der Waals surface area contributed by atoms with Crippen molar-refractivity contribution in [2.75, 3.05) is 18.0 Å². The number of nitrogens with one attached hydrogen (secondary N) is 1. The van der Waals surface area contributed by atoms with E-state index in [1.165, 1.54) is 12.1 Å². The van der Waals surface area contributed by atoms with Crippen LogP contribution in [-0.2, 0) is 12.8 Å². The summed E-state index contributed by atoms with van der Waals surface area (Å²) in [6, 6.07) is 9.85. The first-order valence-electron chi connectivity index (χ1n) is 11.2. The standard InChI is InChI=1S/C25H28FN5O/c1-3-20-16-28-22(4-2)24(29-20)31-12-10-21(11-13-31)30-25(32)18-8-9-23(27-15-18)17-6-5-7-19(26)14-17/h5-9,14-16,21H,3-4,10-13H2,1-2H3,(H,30,32). The van der Waals surface area contributed by atoms with E-state index in [1.54, 1.807) is 30.5 Å². The van der Waals surface area contributed by atoms with Crippen molar-refractivity contribution in [1.82, 2.24) is 20.3 Å². The molecule has 1 fully saturated rings. The van der Waals surface area contributed by atoms with Crippen molar-refractivity contribution in [2.24, 2.45) is 0 Å². The summed E-state index contributed by atoms with van der Waals surface area (Å²) in [6.07, 6.45) is 6.82. The molecule has 0 radical (unpaired) electrons. The molecule has 0 bridgehead atoms. The lowest BCUT2D eigenvalue weighted by Crippen LogP contribution is -2.45. The van der Waals surface area contributed by atoms with E-state index in [2.05, 4.69) is 34.0 Å². The van der Waals surface area contributed by atoms with Gasteiger partial charge in [0.2, 0.25) is 0 Å². The molecular weight excluding hydrogens is 405 g/mol. The monoisotopic (exact) mass is 433 g/mol. The molecule has 0 spiro atoms. The van der Waals surface area contributed by atoms with Gasteiger partial charge in [-0.15, -0.1) is 0 Å². The van der Waals surface area contributed by atoms with E-state index >= 15 is 0 Å². The van der Waals surface area contributed by atoms with E-state index in [9.17, 15) is 9.18 Å². The summed E-state index contributed by atoms with van der Waals surface area (Å²) < 4.78 is 13.4. The van der Waals surface area contributed by atoms with Crippen molar-refractivity contribution < 1.29 is 9.18 Å². The molecule has 32 heavy (non-hydrogen) atoms. The molecular formula is C25H28FN5O. The molecule has 1 amide bonds. The number of carbonyl (C=O) groups is 1. The van der Waals surface area contributed by atoms with Crippen LogP contribution in [0, 0.1) is 5.82 Å². The Morgan fingerprint density at radius 1 is 1.09 bits per heavy atom. The SMILES string of the molecule is CCc1cnc(CC)c(N2CCC(NC(=O)c3ccc(-c4cccc(F)c4)nc3)CC2)n1. The average molecular weight is 434 g/mol. The molecule has 1 aliphatic heterocycles. The summed E-state index contributed by atoms with van der Waals surface area (Å²) in [6.45, 7) is 5.84. The fourth-order valence-electron chi connectivity index (χ4n) is 3.96. The normalized spacial score (nSPS) is 14.4. The summed E-state index contributed by atoms with van der Waals surface area (Å²) in [5.74, 6) is 0.536. The average Bonchev–Trinajstić information content (AvgIpc) is 2.84. The second kappa shape index (κ2) is 9.85. The predicted octanol–water partition coefficient (Wildman–Crippen LogP) is 4.20. The largest absolute Gasteiger partial charge is 0.355 e. The number of benzene rings is 1. The molecule has 0 saturated carbocycles. The highest BCUT2D eigenvalue weighted by Crippen LogP contribution is 2.23. The van der Waals surface area contributed by atoms with Crippen LogP contribution in [-0.4, -0.2) is 40.0 Å². The molecule has 3 heterocycles. The maximum Gasteiger partial charge on any atom is 0.253 e. The van der Waals surface area contributed by atoms with Gasteiger partial charge in [0.15, 0.2) is 5.82 Å². The molecule has 1 N–H and O–H groups in total. The van der Waals surface area contributed by atoms with Gasteiger partial charge in [0, 0.05) is 37.1 Å². The Morgan fingerprint density at radius 2 is 1.91 bits per heavy atom. The van der Waals surface area contributed by atoms with Crippen molar-refractivity contribution in [3.05, 3.63) is 71.6 Å². The molecule has 1 saturated heterocycles. The number of hydrogen-bond donors (Lipinski definition) is 1. The number of rotatable bonds is 6. The zero-order chi connectivity index (χ0) is 22.5. The van der Waals surface area contributed by atoms with Crippen LogP contribution in [0.1, 0.15) is 48.4 Å². The summed E-state index contributed by atoms with van der Waals surface area (Å²) >= 11 is 0. The van der Waals surface area contributed by atoms with Gasteiger partial charge >= 0.3 is 0 Å². The number of halogens is 1. The van der Waals surface area contributed by atoms with Crippen LogP contribution >= 0.6 is 0 Å². The lowest BCUT2D eigenvalue weighted by atomic mass is 10.0. The minimum Gasteiger partial charge on any atom is -0.355 e. The number of carbonyl (C=O) groups excluding carboxylic acids is 1. The molecule has 1 aliphatic rings. The molecule has 7 heteroatoms. The Bertz CT molecular complexity index is 1080. The third kappa shape index (κ3) is 4.93. The van der Waals surface area contributed by atoms with Crippen LogP contribution < -0.4 is 10.2 Å². The van der Waals surface area contributed by atoms with E-state index in [0.717, 1.165) is 56.0 Å². The Balaban J connectivity index is 1.36. The Hall–Kier alpha value is -3.35. The number of aryl methyl sites for hydroxylation is 2. The second-order valence-corrected chi connectivity index (χ2v) is 8.02. The van der Waals surface area contributed by atoms with E-state index in [1.807, 2.05) is 6.20 Å². The first-order chi connectivity index (χ1) is 15.6. The number of anilines is 1. The van der Waals surface area contributed by atoms with E-state index in [0.29, 0.717) is 16.8 Å². The Kier molecular flexibility index (Phi) is 6.73. The van der Waals surface area contributed by atoms with E-state index < -0.39 is 0 Å². The van der Waals surface area contributed by atoms with Crippen molar-refractivity contribution in [1.29, 1.82) is 0 Å². The topological polar surface area (TPSA) is 71.0 Å². The fraction of sp³-hybridized carbons (Fsp3) is 0.360. The van der Waals surface area contributed by atoms with Gasteiger partial charge in [0.1, 0.15) is 5.82 Å². The fourth-order valence-corrected chi connectivity index (χ4v) is 3.96. The minimum absolute atomic E-state index is 0.106. The van der Waals surface area contributed by atoms with Crippen LogP contribution in [0.2, 0.25) is 0 Å². The van der Waals surface area contributed by atoms with Crippen LogP contribution in [0.5, 0.6) is 0 Å². The van der Waals surface area contributed by atoms with Crippen LogP contribution in [0.3, 0.4) is 0 Å². The molecule has 0 atom stereocenters. The van der Waals surface area contributed by atoms with Gasteiger partial charge in [-0.3, -0.25) is 14.8 Å². The lowest BCUT2D eigenvalue weighted by molar-refractivity contribution is 0.0930. The van der Waals surface area contributed by atoms with Crippen molar-refractivity contribution in [2.45, 2.75) is 45.6 Å². The van der Waals surface area contributed by atoms with Crippen LogP contribution in [0.15, 0.2) is 48.8 Å². The van der Waals surface area contributed by atoms with E-state index in [-0.39, 0.29) is 17.8 Å². The van der Waals surface area contributed by atoms with Gasteiger partial charge in [-0.1, -0.05) is 26.0 Å².